The molecule has 0 heterocycles. The molecule has 3 nitrogen and oxygen atoms in total. The molecule has 0 saturated heterocycles. The number of rotatable bonds is 5. The number of benzene rings is 2. The van der Waals surface area contributed by atoms with Gasteiger partial charge in [-0.15, -0.1) is 0 Å². The summed E-state index contributed by atoms with van der Waals surface area (Å²) >= 11 is 0. The minimum absolute atomic E-state index is 0.00391. The van der Waals surface area contributed by atoms with E-state index in [0.29, 0.717) is 24.3 Å². The van der Waals surface area contributed by atoms with E-state index in [1.807, 2.05) is 0 Å². The van der Waals surface area contributed by atoms with Crippen molar-refractivity contribution in [2.75, 3.05) is 14.1 Å². The van der Waals surface area contributed by atoms with Gasteiger partial charge in [-0.2, -0.15) is 30.7 Å². The SMILES string of the molecule is CN(C)C(=O)c1ccc(Oc2ccc(C(F)(F)C(F)(F)C(F)(F)F)cc2)c(F)c1. The first-order chi connectivity index (χ1) is 13.2. The summed E-state index contributed by atoms with van der Waals surface area (Å²) in [5, 5.41) is 0. The number of halogens is 8. The smallest absolute Gasteiger partial charge is 0.454 e. The highest BCUT2D eigenvalue weighted by Gasteiger charge is 2.73. The van der Waals surface area contributed by atoms with Gasteiger partial charge in [-0.05, 0) is 42.5 Å². The molecular weight excluding hydrogens is 414 g/mol. The van der Waals surface area contributed by atoms with Crippen LogP contribution in [-0.2, 0) is 5.92 Å². The Bertz CT molecular complexity index is 892. The normalized spacial score (nSPS) is 12.6. The average Bonchev–Trinajstić information content (AvgIpc) is 2.62. The molecule has 2 aromatic carbocycles. The van der Waals surface area contributed by atoms with Gasteiger partial charge in [-0.3, -0.25) is 4.79 Å². The Morgan fingerprint density at radius 1 is 0.897 bits per heavy atom. The Hall–Kier alpha value is -2.85. The van der Waals surface area contributed by atoms with Gasteiger partial charge < -0.3 is 9.64 Å². The molecule has 0 unspecified atom stereocenters. The third-order valence-corrected chi connectivity index (χ3v) is 3.78. The fourth-order valence-electron chi connectivity index (χ4n) is 2.19. The maximum atomic E-state index is 14.1. The Labute approximate surface area is 159 Å². The standard InChI is InChI=1S/C18H13F8NO2/c1-27(2)15(28)10-3-8-14(13(19)9-10)29-12-6-4-11(5-7-12)16(20,21)17(22,23)18(24,25)26/h3-9H,1-2H3. The number of hydrogen-bond acceptors (Lipinski definition) is 2. The molecule has 0 N–H and O–H groups in total. The fraction of sp³-hybridized carbons (Fsp3) is 0.278. The van der Waals surface area contributed by atoms with Crippen LogP contribution in [0.15, 0.2) is 42.5 Å². The number of amides is 1. The summed E-state index contributed by atoms with van der Waals surface area (Å²) in [7, 11) is 2.90. The maximum absolute atomic E-state index is 14.1. The highest BCUT2D eigenvalue weighted by molar-refractivity contribution is 5.94. The molecule has 0 fully saturated rings. The highest BCUT2D eigenvalue weighted by Crippen LogP contribution is 2.51. The van der Waals surface area contributed by atoms with Crippen molar-refractivity contribution >= 4 is 5.91 Å². The molecule has 0 aliphatic heterocycles. The van der Waals surface area contributed by atoms with Crippen LogP contribution in [0.3, 0.4) is 0 Å². The lowest BCUT2D eigenvalue weighted by Crippen LogP contribution is -2.49. The lowest BCUT2D eigenvalue weighted by molar-refractivity contribution is -0.359. The van der Waals surface area contributed by atoms with Gasteiger partial charge in [0.15, 0.2) is 11.6 Å². The van der Waals surface area contributed by atoms with Gasteiger partial charge in [-0.1, -0.05) is 0 Å². The van der Waals surface area contributed by atoms with Crippen LogP contribution < -0.4 is 4.74 Å². The van der Waals surface area contributed by atoms with Crippen LogP contribution in [0.1, 0.15) is 15.9 Å². The van der Waals surface area contributed by atoms with Gasteiger partial charge in [0.05, 0.1) is 0 Å². The molecule has 0 aliphatic rings. The van der Waals surface area contributed by atoms with Gasteiger partial charge in [0.1, 0.15) is 5.75 Å². The second-order valence-corrected chi connectivity index (χ2v) is 6.12. The van der Waals surface area contributed by atoms with E-state index in [2.05, 4.69) is 0 Å². The molecule has 0 aromatic heterocycles. The average molecular weight is 427 g/mol. The Balaban J connectivity index is 2.25. The van der Waals surface area contributed by atoms with Crippen molar-refractivity contribution in [3.8, 4) is 11.5 Å². The molecule has 29 heavy (non-hydrogen) atoms. The summed E-state index contributed by atoms with van der Waals surface area (Å²) in [6.45, 7) is 0. The van der Waals surface area contributed by atoms with Gasteiger partial charge in [0.2, 0.25) is 0 Å². The molecule has 158 valence electrons. The monoisotopic (exact) mass is 427 g/mol. The topological polar surface area (TPSA) is 29.5 Å². The molecule has 0 saturated carbocycles. The van der Waals surface area contributed by atoms with Crippen LogP contribution in [0.25, 0.3) is 0 Å². The van der Waals surface area contributed by atoms with E-state index in [1.165, 1.54) is 25.1 Å². The lowest BCUT2D eigenvalue weighted by Gasteiger charge is -2.28. The van der Waals surface area contributed by atoms with Gasteiger partial charge in [-0.25, -0.2) is 4.39 Å². The van der Waals surface area contributed by atoms with Crippen molar-refractivity contribution in [1.29, 1.82) is 0 Å². The van der Waals surface area contributed by atoms with E-state index in [4.69, 9.17) is 4.74 Å². The van der Waals surface area contributed by atoms with Gasteiger partial charge >= 0.3 is 18.0 Å². The predicted molar refractivity (Wildman–Crippen MR) is 85.8 cm³/mol. The zero-order chi connectivity index (χ0) is 22.2. The molecule has 0 aliphatic carbocycles. The minimum Gasteiger partial charge on any atom is -0.454 e. The maximum Gasteiger partial charge on any atom is 0.460 e. The first kappa shape index (κ1) is 22.4. The van der Waals surface area contributed by atoms with Gasteiger partial charge in [0, 0.05) is 25.2 Å². The number of alkyl halides is 7. The molecule has 2 rings (SSSR count). The largest absolute Gasteiger partial charge is 0.460 e. The van der Waals surface area contributed by atoms with Crippen LogP contribution in [0.4, 0.5) is 35.1 Å². The number of nitrogens with zero attached hydrogens (tertiary/aromatic N) is 1. The van der Waals surface area contributed by atoms with E-state index in [0.717, 1.165) is 12.1 Å². The van der Waals surface area contributed by atoms with Crippen LogP contribution in [0, 0.1) is 5.82 Å². The van der Waals surface area contributed by atoms with E-state index in [-0.39, 0.29) is 11.3 Å². The van der Waals surface area contributed by atoms with Crippen molar-refractivity contribution in [3.63, 3.8) is 0 Å². The molecule has 0 bridgehead atoms. The Morgan fingerprint density at radius 3 is 1.90 bits per heavy atom. The number of carbonyl (C=O) groups is 1. The van der Waals surface area contributed by atoms with Crippen LogP contribution in [0.2, 0.25) is 0 Å². The number of hydrogen-bond donors (Lipinski definition) is 0. The highest BCUT2D eigenvalue weighted by atomic mass is 19.4. The summed E-state index contributed by atoms with van der Waals surface area (Å²) in [4.78, 5) is 13.0. The molecule has 0 spiro atoms. The third kappa shape index (κ3) is 4.28. The predicted octanol–water partition coefficient (Wildman–Crippen LogP) is 5.61. The van der Waals surface area contributed by atoms with E-state index in [9.17, 15) is 39.9 Å². The van der Waals surface area contributed by atoms with E-state index < -0.39 is 41.1 Å². The molecule has 2 aromatic rings. The number of carbonyl (C=O) groups excluding carboxylic acids is 1. The van der Waals surface area contributed by atoms with Crippen molar-refractivity contribution in [2.45, 2.75) is 18.0 Å². The van der Waals surface area contributed by atoms with Crippen molar-refractivity contribution in [2.24, 2.45) is 0 Å². The second kappa shape index (κ2) is 7.53. The molecule has 0 atom stereocenters. The zero-order valence-electron chi connectivity index (χ0n) is 14.8. The van der Waals surface area contributed by atoms with E-state index >= 15 is 0 Å². The summed E-state index contributed by atoms with van der Waals surface area (Å²) in [5.41, 5.74) is -1.59. The summed E-state index contributed by atoms with van der Waals surface area (Å²) in [6, 6.07) is 5.18. The van der Waals surface area contributed by atoms with Crippen molar-refractivity contribution in [3.05, 3.63) is 59.4 Å². The molecule has 11 heteroatoms. The first-order valence-electron chi connectivity index (χ1n) is 7.80. The Kier molecular flexibility index (Phi) is 5.82. The summed E-state index contributed by atoms with van der Waals surface area (Å²) in [5.74, 6) is -14.0. The Morgan fingerprint density at radius 2 is 1.45 bits per heavy atom. The molecular formula is C18H13F8NO2. The quantitative estimate of drug-likeness (QED) is 0.581. The molecule has 1 amide bonds. The van der Waals surface area contributed by atoms with Crippen LogP contribution in [0.5, 0.6) is 11.5 Å². The zero-order valence-corrected chi connectivity index (χ0v) is 14.8. The van der Waals surface area contributed by atoms with Crippen LogP contribution in [-0.4, -0.2) is 37.0 Å². The first-order valence-corrected chi connectivity index (χ1v) is 7.80. The third-order valence-electron chi connectivity index (χ3n) is 3.78. The second-order valence-electron chi connectivity index (χ2n) is 6.12. The fourth-order valence-corrected chi connectivity index (χ4v) is 2.19. The van der Waals surface area contributed by atoms with Gasteiger partial charge in [0.25, 0.3) is 5.91 Å². The summed E-state index contributed by atoms with van der Waals surface area (Å²) < 4.78 is 109. The molecule has 0 radical (unpaired) electrons. The minimum atomic E-state index is -6.46. The van der Waals surface area contributed by atoms with Crippen molar-refractivity contribution < 1.29 is 44.7 Å². The number of ether oxygens (including phenoxy) is 1. The lowest BCUT2D eigenvalue weighted by atomic mass is 10.0. The van der Waals surface area contributed by atoms with Crippen molar-refractivity contribution in [1.82, 2.24) is 4.90 Å². The van der Waals surface area contributed by atoms with Crippen LogP contribution >= 0.6 is 0 Å². The summed E-state index contributed by atoms with van der Waals surface area (Å²) in [6.07, 6.45) is -6.46. The van der Waals surface area contributed by atoms with E-state index in [1.54, 1.807) is 0 Å².